The molecule has 0 aliphatic rings. The smallest absolute Gasteiger partial charge is 0.301 e. The molecule has 0 heterocycles. The lowest BCUT2D eigenvalue weighted by Crippen LogP contribution is -1.98. The Labute approximate surface area is 114 Å². The summed E-state index contributed by atoms with van der Waals surface area (Å²) in [5.74, 6) is 0. The summed E-state index contributed by atoms with van der Waals surface area (Å²) in [7, 11) is -1.27. The fourth-order valence-electron chi connectivity index (χ4n) is 1.23. The molecule has 1 N–H and O–H groups in total. The number of hydrogen-bond acceptors (Lipinski definition) is 8. The lowest BCUT2D eigenvalue weighted by Gasteiger charge is -2.01. The third kappa shape index (κ3) is 4.75. The predicted octanol–water partition coefficient (Wildman–Crippen LogP) is 1.98. The van der Waals surface area contributed by atoms with Crippen molar-refractivity contribution in [1.82, 2.24) is 0 Å². The van der Waals surface area contributed by atoms with Crippen LogP contribution in [0.3, 0.4) is 0 Å². The molecule has 0 bridgehead atoms. The maximum absolute atomic E-state index is 10.8. The van der Waals surface area contributed by atoms with Crippen molar-refractivity contribution < 1.29 is 18.9 Å². The minimum Gasteiger partial charge on any atom is -0.332 e. The topological polar surface area (TPSA) is 137 Å². The van der Waals surface area contributed by atoms with E-state index in [1.54, 1.807) is 0 Å². The summed E-state index contributed by atoms with van der Waals surface area (Å²) in [5.41, 5.74) is 1.63. The molecule has 0 aliphatic carbocycles. The van der Waals surface area contributed by atoms with Crippen LogP contribution in [0.4, 0.5) is 17.1 Å². The third-order valence-electron chi connectivity index (χ3n) is 2.10. The second kappa shape index (κ2) is 7.97. The Morgan fingerprint density at radius 3 is 2.70 bits per heavy atom. The van der Waals surface area contributed by atoms with Crippen LogP contribution in [0.1, 0.15) is 6.42 Å². The summed E-state index contributed by atoms with van der Waals surface area (Å²) in [6.45, 7) is 0.229. The predicted molar refractivity (Wildman–Crippen MR) is 72.8 cm³/mol. The van der Waals surface area contributed by atoms with Crippen molar-refractivity contribution in [3.8, 4) is 0 Å². The van der Waals surface area contributed by atoms with Gasteiger partial charge in [0, 0.05) is 18.7 Å². The number of anilines is 1. The van der Waals surface area contributed by atoms with E-state index in [0.29, 0.717) is 6.42 Å². The van der Waals surface area contributed by atoms with E-state index >= 15 is 0 Å². The largest absolute Gasteiger partial charge is 0.332 e. The van der Waals surface area contributed by atoms with E-state index < -0.39 is 24.2 Å². The summed E-state index contributed by atoms with van der Waals surface area (Å²) in [6, 6.07) is 3.18. The fourth-order valence-corrected chi connectivity index (χ4v) is 1.46. The van der Waals surface area contributed by atoms with Gasteiger partial charge in [0.15, 0.2) is 8.69 Å². The number of nitro groups is 2. The van der Waals surface area contributed by atoms with E-state index in [4.69, 9.17) is 0 Å². The van der Waals surface area contributed by atoms with Gasteiger partial charge in [-0.1, -0.05) is 0 Å². The number of nitro benzene ring substituents is 2. The number of rotatable bonds is 8. The van der Waals surface area contributed by atoms with Crippen molar-refractivity contribution >= 4 is 32.0 Å². The van der Waals surface area contributed by atoms with Gasteiger partial charge in [-0.05, 0) is 6.07 Å². The van der Waals surface area contributed by atoms with Gasteiger partial charge in [-0.15, -0.1) is 0 Å². The summed E-state index contributed by atoms with van der Waals surface area (Å²) < 4.78 is 14.7. The number of nitrogens with one attached hydrogen (secondary N) is 1. The minimum absolute atomic E-state index is 0.0345. The zero-order valence-corrected chi connectivity index (χ0v) is 11.2. The molecule has 1 aromatic carbocycles. The lowest BCUT2D eigenvalue weighted by molar-refractivity contribution is -0.393. The minimum atomic E-state index is -1.27. The van der Waals surface area contributed by atoms with E-state index in [0.717, 1.165) is 12.1 Å². The van der Waals surface area contributed by atoms with Gasteiger partial charge < -0.3 is 4.52 Å². The van der Waals surface area contributed by atoms with Gasteiger partial charge >= 0.3 is 5.69 Å². The zero-order valence-electron chi connectivity index (χ0n) is 10.1. The number of hydrazone groups is 1. The van der Waals surface area contributed by atoms with Gasteiger partial charge in [0.25, 0.3) is 5.69 Å². The van der Waals surface area contributed by atoms with Crippen molar-refractivity contribution in [1.29, 1.82) is 0 Å². The van der Waals surface area contributed by atoms with Gasteiger partial charge in [-0.3, -0.25) is 30.2 Å². The molecule has 0 fully saturated rings. The number of benzene rings is 1. The molecule has 20 heavy (non-hydrogen) atoms. The zero-order chi connectivity index (χ0) is 15.0. The number of hydrogen-bond donors (Lipinski definition) is 1. The highest BCUT2D eigenvalue weighted by Crippen LogP contribution is 2.28. The normalized spacial score (nSPS) is 11.2. The molecule has 0 aromatic heterocycles. The average Bonchev–Trinajstić information content (AvgIpc) is 2.42. The first-order valence-corrected chi connectivity index (χ1v) is 6.26. The molecule has 1 rings (SSSR count). The van der Waals surface area contributed by atoms with Crippen LogP contribution in [-0.4, -0.2) is 22.7 Å². The highest BCUT2D eigenvalue weighted by atomic mass is 31.1. The Hall–Kier alpha value is -2.32. The van der Waals surface area contributed by atoms with Gasteiger partial charge in [-0.2, -0.15) is 5.10 Å². The summed E-state index contributed by atoms with van der Waals surface area (Å²) in [6.07, 6.45) is 1.77. The van der Waals surface area contributed by atoms with E-state index in [2.05, 4.69) is 15.1 Å². The van der Waals surface area contributed by atoms with Gasteiger partial charge in [0.1, 0.15) is 5.69 Å². The summed E-state index contributed by atoms with van der Waals surface area (Å²) in [5, 5.41) is 25.1. The maximum Gasteiger partial charge on any atom is 0.301 e. The molecule has 0 amide bonds. The molecular formula is C9H11N4O6P. The van der Waals surface area contributed by atoms with Crippen LogP contribution in [0.5, 0.6) is 0 Å². The SMILES string of the molecule is O=[PH2]OCCC=NNc1ccc([N+](=O)[O-])cc1[N+](=O)[O-]. The van der Waals surface area contributed by atoms with E-state index in [9.17, 15) is 24.8 Å². The quantitative estimate of drug-likeness (QED) is 0.255. The van der Waals surface area contributed by atoms with Crippen LogP contribution in [0, 0.1) is 20.2 Å². The summed E-state index contributed by atoms with van der Waals surface area (Å²) in [4.78, 5) is 19.9. The average molecular weight is 302 g/mol. The second-order valence-corrected chi connectivity index (χ2v) is 3.92. The Balaban J connectivity index is 2.76. The first kappa shape index (κ1) is 15.7. The first-order chi connectivity index (χ1) is 9.56. The molecule has 0 spiro atoms. The highest BCUT2D eigenvalue weighted by molar-refractivity contribution is 7.17. The number of non-ortho nitro benzene ring substituents is 1. The van der Waals surface area contributed by atoms with Crippen molar-refractivity contribution in [3.05, 3.63) is 38.4 Å². The lowest BCUT2D eigenvalue weighted by atomic mass is 10.2. The van der Waals surface area contributed by atoms with E-state index in [1.807, 2.05) is 0 Å². The molecule has 10 nitrogen and oxygen atoms in total. The molecule has 0 saturated heterocycles. The maximum atomic E-state index is 10.8. The van der Waals surface area contributed by atoms with E-state index in [-0.39, 0.29) is 18.0 Å². The Morgan fingerprint density at radius 1 is 1.35 bits per heavy atom. The second-order valence-electron chi connectivity index (χ2n) is 3.39. The third-order valence-corrected chi connectivity index (χ3v) is 2.47. The number of nitrogens with zero attached hydrogens (tertiary/aromatic N) is 3. The molecule has 1 atom stereocenters. The molecule has 0 aliphatic heterocycles. The van der Waals surface area contributed by atoms with Crippen molar-refractivity contribution in [3.63, 3.8) is 0 Å². The van der Waals surface area contributed by atoms with Gasteiger partial charge in [0.2, 0.25) is 0 Å². The molecule has 108 valence electrons. The molecule has 1 unspecified atom stereocenters. The molecule has 11 heteroatoms. The molecule has 0 radical (unpaired) electrons. The van der Waals surface area contributed by atoms with Crippen LogP contribution in [0.25, 0.3) is 0 Å². The Kier molecular flexibility index (Phi) is 6.27. The highest BCUT2D eigenvalue weighted by Gasteiger charge is 2.18. The fraction of sp³-hybridized carbons (Fsp3) is 0.222. The van der Waals surface area contributed by atoms with Crippen LogP contribution in [-0.2, 0) is 9.09 Å². The van der Waals surface area contributed by atoms with Crippen molar-refractivity contribution in [2.75, 3.05) is 12.0 Å². The monoisotopic (exact) mass is 302 g/mol. The summed E-state index contributed by atoms with van der Waals surface area (Å²) >= 11 is 0. The molecule has 0 saturated carbocycles. The van der Waals surface area contributed by atoms with Crippen molar-refractivity contribution in [2.24, 2.45) is 5.10 Å². The Morgan fingerprint density at radius 2 is 2.10 bits per heavy atom. The van der Waals surface area contributed by atoms with Gasteiger partial charge in [0.05, 0.1) is 22.5 Å². The standard InChI is InChI=1S/C9H11N4O6P/c14-12(15)7-2-3-8(9(6-7)13(16)17)11-10-4-1-5-19-20-18/h2-4,6,11H,1,5,20H2. The Bertz CT molecular complexity index is 549. The van der Waals surface area contributed by atoms with E-state index in [1.165, 1.54) is 12.3 Å². The molecular weight excluding hydrogens is 291 g/mol. The van der Waals surface area contributed by atoms with Crippen LogP contribution in [0.15, 0.2) is 23.3 Å². The van der Waals surface area contributed by atoms with Crippen LogP contribution < -0.4 is 5.43 Å². The van der Waals surface area contributed by atoms with Crippen molar-refractivity contribution in [2.45, 2.75) is 6.42 Å². The molecule has 1 aromatic rings. The van der Waals surface area contributed by atoms with Crippen LogP contribution in [0.2, 0.25) is 0 Å². The van der Waals surface area contributed by atoms with Gasteiger partial charge in [-0.25, -0.2) is 0 Å². The van der Waals surface area contributed by atoms with Crippen LogP contribution >= 0.6 is 8.69 Å². The first-order valence-electron chi connectivity index (χ1n) is 5.32.